The van der Waals surface area contributed by atoms with Crippen molar-refractivity contribution in [2.75, 3.05) is 20.2 Å². The number of piperazine rings is 1. The van der Waals surface area contributed by atoms with Gasteiger partial charge in [-0.2, -0.15) is 11.1 Å². The molecular formula is C22H39FN6O3. The quantitative estimate of drug-likeness (QED) is 0.500. The van der Waals surface area contributed by atoms with Gasteiger partial charge in [-0.05, 0) is 58.3 Å². The van der Waals surface area contributed by atoms with Crippen LogP contribution in [-0.2, 0) is 14.3 Å². The number of alkyl halides is 1. The number of hydrogen-bond acceptors (Lipinski definition) is 7. The van der Waals surface area contributed by atoms with Crippen LogP contribution in [0.2, 0.25) is 0 Å². The van der Waals surface area contributed by atoms with E-state index in [-0.39, 0.29) is 48.5 Å². The third-order valence-electron chi connectivity index (χ3n) is 7.97. The van der Waals surface area contributed by atoms with Gasteiger partial charge in [0.15, 0.2) is 0 Å². The van der Waals surface area contributed by atoms with Gasteiger partial charge in [-0.3, -0.25) is 9.59 Å². The molecule has 2 aliphatic heterocycles. The predicted octanol–water partition coefficient (Wildman–Crippen LogP) is 0.837. The van der Waals surface area contributed by atoms with Gasteiger partial charge in [0, 0.05) is 44.6 Å². The van der Waals surface area contributed by atoms with E-state index >= 15 is 0 Å². The molecule has 4 aliphatic rings. The van der Waals surface area contributed by atoms with E-state index in [0.717, 1.165) is 32.1 Å². The highest BCUT2D eigenvalue weighted by molar-refractivity contribution is 5.82. The van der Waals surface area contributed by atoms with Gasteiger partial charge in [0.25, 0.3) is 0 Å². The molecule has 2 saturated heterocycles. The average Bonchev–Trinajstić information content (AvgIpc) is 3.33. The Morgan fingerprint density at radius 3 is 2.09 bits per heavy atom. The number of rotatable bonds is 4. The fourth-order valence-corrected chi connectivity index (χ4v) is 6.15. The number of ether oxygens (including phenoxy) is 1. The fraction of sp³-hybridized carbons (Fsp3) is 0.909. The van der Waals surface area contributed by atoms with Crippen LogP contribution in [0.4, 0.5) is 4.39 Å². The molecular weight excluding hydrogens is 415 g/mol. The van der Waals surface area contributed by atoms with Crippen molar-refractivity contribution < 1.29 is 18.7 Å². The lowest BCUT2D eigenvalue weighted by Crippen LogP contribution is -2.62. The van der Waals surface area contributed by atoms with Crippen LogP contribution >= 0.6 is 0 Å². The highest BCUT2D eigenvalue weighted by Crippen LogP contribution is 2.34. The summed E-state index contributed by atoms with van der Waals surface area (Å²) in [6.45, 7) is 4.98. The summed E-state index contributed by atoms with van der Waals surface area (Å²) in [5, 5.41) is 0. The van der Waals surface area contributed by atoms with Gasteiger partial charge in [-0.15, -0.1) is 0 Å². The lowest BCUT2D eigenvalue weighted by molar-refractivity contribution is -0.154. The van der Waals surface area contributed by atoms with Crippen molar-refractivity contribution in [3.8, 4) is 0 Å². The van der Waals surface area contributed by atoms with E-state index in [2.05, 4.69) is 21.9 Å². The van der Waals surface area contributed by atoms with Crippen molar-refractivity contribution in [3.05, 3.63) is 0 Å². The van der Waals surface area contributed by atoms with Gasteiger partial charge in [0.2, 0.25) is 11.8 Å². The maximum Gasteiger partial charge on any atom is 0.228 e. The molecule has 182 valence electrons. The molecule has 4 N–H and O–H groups in total. The molecule has 0 spiro atoms. The largest absolute Gasteiger partial charge is 0.381 e. The molecule has 4 fully saturated rings. The third-order valence-corrected chi connectivity index (χ3v) is 7.97. The van der Waals surface area contributed by atoms with Gasteiger partial charge in [-0.1, -0.05) is 0 Å². The molecule has 9 nitrogen and oxygen atoms in total. The number of amides is 2. The van der Waals surface area contributed by atoms with Crippen LogP contribution in [0.25, 0.3) is 0 Å². The van der Waals surface area contributed by atoms with Crippen molar-refractivity contribution in [2.45, 2.75) is 89.3 Å². The first-order chi connectivity index (χ1) is 15.4. The minimum Gasteiger partial charge on any atom is -0.381 e. The number of carbonyl (C=O) groups is 2. The topological polar surface area (TPSA) is 98.0 Å². The smallest absolute Gasteiger partial charge is 0.228 e. The molecule has 2 heterocycles. The molecule has 2 aliphatic carbocycles. The maximum atomic E-state index is 14.7. The minimum atomic E-state index is -1.16. The van der Waals surface area contributed by atoms with E-state index in [1.54, 1.807) is 12.0 Å². The summed E-state index contributed by atoms with van der Waals surface area (Å²) in [6.07, 6.45) is 4.22. The van der Waals surface area contributed by atoms with E-state index in [4.69, 9.17) is 4.74 Å². The minimum absolute atomic E-state index is 0.0419. The number of methoxy groups -OCH3 is 1. The van der Waals surface area contributed by atoms with Crippen LogP contribution in [0, 0.1) is 17.8 Å². The first-order valence-electron chi connectivity index (χ1n) is 12.2. The van der Waals surface area contributed by atoms with Gasteiger partial charge in [-0.25, -0.2) is 15.2 Å². The molecule has 5 atom stereocenters. The number of halogens is 1. The first-order valence-corrected chi connectivity index (χ1v) is 12.2. The van der Waals surface area contributed by atoms with E-state index in [0.29, 0.717) is 25.4 Å². The summed E-state index contributed by atoms with van der Waals surface area (Å²) in [4.78, 5) is 30.3. The Morgan fingerprint density at radius 1 is 0.906 bits per heavy atom. The summed E-state index contributed by atoms with van der Waals surface area (Å²) < 4.78 is 19.9. The van der Waals surface area contributed by atoms with Crippen molar-refractivity contribution in [1.29, 1.82) is 0 Å². The summed E-state index contributed by atoms with van der Waals surface area (Å²) >= 11 is 0. The number of carbonyl (C=O) groups excluding carboxylic acids is 2. The lowest BCUT2D eigenvalue weighted by Gasteiger charge is -2.47. The molecule has 3 unspecified atom stereocenters. The van der Waals surface area contributed by atoms with E-state index < -0.39 is 12.1 Å². The zero-order valence-corrected chi connectivity index (χ0v) is 19.5. The second-order valence-electron chi connectivity index (χ2n) is 10.1. The summed E-state index contributed by atoms with van der Waals surface area (Å²) in [7, 11) is 1.60. The fourth-order valence-electron chi connectivity index (χ4n) is 6.15. The number of hydrogen-bond donors (Lipinski definition) is 4. The molecule has 0 aromatic heterocycles. The molecule has 2 saturated carbocycles. The molecule has 0 aromatic rings. The molecule has 10 heteroatoms. The van der Waals surface area contributed by atoms with E-state index in [9.17, 15) is 14.0 Å². The summed E-state index contributed by atoms with van der Waals surface area (Å²) in [5.74, 6) is 0.0494. The van der Waals surface area contributed by atoms with E-state index in [1.165, 1.54) is 0 Å². The second kappa shape index (κ2) is 10.3. The first kappa shape index (κ1) is 23.8. The Balaban J connectivity index is 1.31. The highest BCUT2D eigenvalue weighted by atomic mass is 19.1. The molecule has 4 rings (SSSR count). The predicted molar refractivity (Wildman–Crippen MR) is 117 cm³/mol. The van der Waals surface area contributed by atoms with Gasteiger partial charge < -0.3 is 14.5 Å². The van der Waals surface area contributed by atoms with Crippen LogP contribution in [0.15, 0.2) is 0 Å². The molecule has 0 radical (unpaired) electrons. The molecule has 2 amide bonds. The number of nitrogens with one attached hydrogen (secondary N) is 4. The van der Waals surface area contributed by atoms with Crippen LogP contribution in [-0.4, -0.2) is 72.3 Å². The molecule has 0 bridgehead atoms. The summed E-state index contributed by atoms with van der Waals surface area (Å²) in [6, 6.07) is -0.124. The Hall–Kier alpha value is -1.33. The third kappa shape index (κ3) is 4.94. The zero-order valence-electron chi connectivity index (χ0n) is 19.5. The molecule has 0 aromatic carbocycles. The zero-order chi connectivity index (χ0) is 22.8. The number of nitrogens with zero attached hydrogens (tertiary/aromatic N) is 2. The van der Waals surface area contributed by atoms with Crippen LogP contribution in [0.3, 0.4) is 0 Å². The van der Waals surface area contributed by atoms with Crippen molar-refractivity contribution >= 4 is 11.8 Å². The van der Waals surface area contributed by atoms with Crippen LogP contribution in [0.1, 0.15) is 58.8 Å². The summed E-state index contributed by atoms with van der Waals surface area (Å²) in [5.41, 5.74) is 12.0. The van der Waals surface area contributed by atoms with Crippen molar-refractivity contribution in [2.24, 2.45) is 17.8 Å². The van der Waals surface area contributed by atoms with Crippen molar-refractivity contribution in [3.63, 3.8) is 0 Å². The van der Waals surface area contributed by atoms with Gasteiger partial charge >= 0.3 is 0 Å². The van der Waals surface area contributed by atoms with Crippen LogP contribution in [0.5, 0.6) is 0 Å². The lowest BCUT2D eigenvalue weighted by atomic mass is 9.79. The standard InChI is InChI=1S/C22H39FN6O3/c1-13-11-28(22(31)18-9-8-17(32-3)10-19(18)23)12-14(2)29(13)21(30)16-6-4-15(5-7-16)20-24-26-27-25-20/h13-20,24-27H,4-12H2,1-3H3/t13-,14-,15?,16?,17?,18?,19?/m1/s1. The maximum absolute atomic E-state index is 14.7. The second-order valence-corrected chi connectivity index (χ2v) is 10.1. The van der Waals surface area contributed by atoms with Crippen LogP contribution < -0.4 is 21.9 Å². The highest BCUT2D eigenvalue weighted by Gasteiger charge is 2.43. The van der Waals surface area contributed by atoms with E-state index in [1.807, 2.05) is 18.7 Å². The monoisotopic (exact) mass is 454 g/mol. The SMILES string of the molecule is COC1CCC(C(=O)N2C[C@@H](C)N(C(=O)C3CCC(C4NNNN4)CC3)[C@H](C)C2)C(F)C1. The Morgan fingerprint density at radius 2 is 1.53 bits per heavy atom. The molecule has 32 heavy (non-hydrogen) atoms. The van der Waals surface area contributed by atoms with Crippen molar-refractivity contribution in [1.82, 2.24) is 31.7 Å². The number of hydrazine groups is 3. The van der Waals surface area contributed by atoms with Gasteiger partial charge in [0.05, 0.1) is 18.2 Å². The Kier molecular flexibility index (Phi) is 7.66. The van der Waals surface area contributed by atoms with Gasteiger partial charge in [0.1, 0.15) is 6.17 Å². The Bertz CT molecular complexity index is 658. The normalized spacial score (nSPS) is 39.3. The average molecular weight is 455 g/mol. The Labute approximate surface area is 190 Å².